The number of nitrogens with zero attached hydrogens (tertiary/aromatic N) is 2. The average molecular weight is 278 g/mol. The minimum absolute atomic E-state index is 0.212. The van der Waals surface area contributed by atoms with Gasteiger partial charge in [0.15, 0.2) is 0 Å². The highest BCUT2D eigenvalue weighted by molar-refractivity contribution is 5.89. The van der Waals surface area contributed by atoms with Crippen molar-refractivity contribution in [3.05, 3.63) is 12.4 Å². The quantitative estimate of drug-likeness (QED) is 0.730. The standard InChI is InChI=1S/C13H18N4O3/c18-11(19)7-17-6-10(5-14-17)15-13(20)16-12(8-1-2-8)9-3-4-9/h5-6,8-9,12H,1-4,7H2,(H,18,19)(H2,15,16,20). The number of rotatable bonds is 6. The van der Waals surface area contributed by atoms with Crippen molar-refractivity contribution < 1.29 is 14.7 Å². The molecule has 0 spiro atoms. The van der Waals surface area contributed by atoms with E-state index in [1.54, 1.807) is 0 Å². The van der Waals surface area contributed by atoms with E-state index in [1.165, 1.54) is 42.8 Å². The van der Waals surface area contributed by atoms with Gasteiger partial charge in [0.25, 0.3) is 0 Å². The molecule has 0 aromatic carbocycles. The van der Waals surface area contributed by atoms with Crippen LogP contribution >= 0.6 is 0 Å². The molecule has 0 aliphatic heterocycles. The topological polar surface area (TPSA) is 96.2 Å². The first-order chi connectivity index (χ1) is 9.61. The predicted octanol–water partition coefficient (Wildman–Crippen LogP) is 1.28. The van der Waals surface area contributed by atoms with E-state index in [9.17, 15) is 9.59 Å². The second-order valence-corrected chi connectivity index (χ2v) is 5.62. The number of nitrogens with one attached hydrogen (secondary N) is 2. The van der Waals surface area contributed by atoms with E-state index < -0.39 is 5.97 Å². The van der Waals surface area contributed by atoms with Gasteiger partial charge in [-0.2, -0.15) is 5.10 Å². The van der Waals surface area contributed by atoms with Gasteiger partial charge < -0.3 is 15.7 Å². The van der Waals surface area contributed by atoms with Gasteiger partial charge >= 0.3 is 12.0 Å². The van der Waals surface area contributed by atoms with Crippen molar-refractivity contribution in [2.45, 2.75) is 38.3 Å². The summed E-state index contributed by atoms with van der Waals surface area (Å²) < 4.78 is 1.28. The van der Waals surface area contributed by atoms with E-state index in [2.05, 4.69) is 15.7 Å². The second-order valence-electron chi connectivity index (χ2n) is 5.62. The third-order valence-corrected chi connectivity index (χ3v) is 3.75. The lowest BCUT2D eigenvalue weighted by molar-refractivity contribution is -0.137. The Morgan fingerprint density at radius 1 is 1.35 bits per heavy atom. The number of hydrogen-bond acceptors (Lipinski definition) is 3. The van der Waals surface area contributed by atoms with Crippen LogP contribution in [-0.4, -0.2) is 32.9 Å². The number of carbonyl (C=O) groups is 2. The molecule has 1 aromatic rings. The highest BCUT2D eigenvalue weighted by Crippen LogP contribution is 2.44. The zero-order valence-corrected chi connectivity index (χ0v) is 11.1. The lowest BCUT2D eigenvalue weighted by atomic mass is 10.1. The Morgan fingerprint density at radius 2 is 2.00 bits per heavy atom. The second kappa shape index (κ2) is 5.15. The fourth-order valence-electron chi connectivity index (χ4n) is 2.50. The third kappa shape index (κ3) is 3.28. The maximum Gasteiger partial charge on any atom is 0.325 e. The van der Waals surface area contributed by atoms with Crippen LogP contribution < -0.4 is 10.6 Å². The van der Waals surface area contributed by atoms with Crippen molar-refractivity contribution in [1.29, 1.82) is 0 Å². The number of anilines is 1. The van der Waals surface area contributed by atoms with Crippen LogP contribution in [0.5, 0.6) is 0 Å². The Balaban J connectivity index is 1.52. The average Bonchev–Trinajstić information content (AvgIpc) is 3.27. The van der Waals surface area contributed by atoms with Gasteiger partial charge in [-0.1, -0.05) is 0 Å². The molecule has 3 N–H and O–H groups in total. The number of urea groups is 1. The van der Waals surface area contributed by atoms with Crippen molar-refractivity contribution in [3.63, 3.8) is 0 Å². The van der Waals surface area contributed by atoms with Gasteiger partial charge in [-0.15, -0.1) is 0 Å². The van der Waals surface area contributed by atoms with Crippen LogP contribution in [0.4, 0.5) is 10.5 Å². The normalized spacial score (nSPS) is 18.1. The number of aromatic nitrogens is 2. The van der Waals surface area contributed by atoms with E-state index in [-0.39, 0.29) is 12.6 Å². The van der Waals surface area contributed by atoms with E-state index >= 15 is 0 Å². The Bertz CT molecular complexity index is 507. The summed E-state index contributed by atoms with van der Waals surface area (Å²) in [5, 5.41) is 18.3. The fraction of sp³-hybridized carbons (Fsp3) is 0.615. The van der Waals surface area contributed by atoms with Crippen molar-refractivity contribution in [1.82, 2.24) is 15.1 Å². The zero-order chi connectivity index (χ0) is 14.1. The number of carbonyl (C=O) groups excluding carboxylic acids is 1. The van der Waals surface area contributed by atoms with Crippen LogP contribution in [0, 0.1) is 11.8 Å². The number of carboxylic acid groups (broad SMARTS) is 1. The molecule has 2 saturated carbocycles. The minimum atomic E-state index is -0.966. The molecular weight excluding hydrogens is 260 g/mol. The molecule has 108 valence electrons. The zero-order valence-electron chi connectivity index (χ0n) is 11.1. The van der Waals surface area contributed by atoms with Crippen LogP contribution in [0.1, 0.15) is 25.7 Å². The van der Waals surface area contributed by atoms with Gasteiger partial charge in [0.2, 0.25) is 0 Å². The summed E-state index contributed by atoms with van der Waals surface area (Å²) in [4.78, 5) is 22.5. The lowest BCUT2D eigenvalue weighted by Crippen LogP contribution is -2.40. The molecule has 0 saturated heterocycles. The van der Waals surface area contributed by atoms with Gasteiger partial charge in [-0.05, 0) is 37.5 Å². The first-order valence-corrected chi connectivity index (χ1v) is 6.93. The monoisotopic (exact) mass is 278 g/mol. The highest BCUT2D eigenvalue weighted by atomic mass is 16.4. The van der Waals surface area contributed by atoms with E-state index in [0.717, 1.165) is 0 Å². The Kier molecular flexibility index (Phi) is 3.33. The van der Waals surface area contributed by atoms with E-state index in [0.29, 0.717) is 23.6 Å². The van der Waals surface area contributed by atoms with Crippen LogP contribution in [0.15, 0.2) is 12.4 Å². The maximum absolute atomic E-state index is 11.9. The summed E-state index contributed by atoms with van der Waals surface area (Å²) in [5.74, 6) is 0.317. The minimum Gasteiger partial charge on any atom is -0.480 e. The van der Waals surface area contributed by atoms with Crippen LogP contribution in [0.25, 0.3) is 0 Å². The molecule has 20 heavy (non-hydrogen) atoms. The molecule has 7 nitrogen and oxygen atoms in total. The summed E-state index contributed by atoms with van der Waals surface area (Å²) in [6.07, 6.45) is 7.79. The van der Waals surface area contributed by atoms with E-state index in [4.69, 9.17) is 5.11 Å². The number of hydrogen-bond donors (Lipinski definition) is 3. The molecule has 0 atom stereocenters. The van der Waals surface area contributed by atoms with Crippen LogP contribution in [0.3, 0.4) is 0 Å². The summed E-state index contributed by atoms with van der Waals surface area (Å²) in [7, 11) is 0. The Hall–Kier alpha value is -2.05. The fourth-order valence-corrected chi connectivity index (χ4v) is 2.50. The molecular formula is C13H18N4O3. The van der Waals surface area contributed by atoms with Crippen molar-refractivity contribution >= 4 is 17.7 Å². The van der Waals surface area contributed by atoms with Crippen LogP contribution in [-0.2, 0) is 11.3 Å². The molecule has 2 fully saturated rings. The molecule has 7 heteroatoms. The summed E-state index contributed by atoms with van der Waals surface area (Å²) in [6.45, 7) is -0.212. The Labute approximate surface area is 116 Å². The summed E-state index contributed by atoms with van der Waals surface area (Å²) in [5.41, 5.74) is 0.508. The maximum atomic E-state index is 11.9. The number of carboxylic acids is 1. The third-order valence-electron chi connectivity index (χ3n) is 3.75. The predicted molar refractivity (Wildman–Crippen MR) is 71.3 cm³/mol. The molecule has 0 bridgehead atoms. The molecule has 1 aromatic heterocycles. The number of aliphatic carboxylic acids is 1. The van der Waals surface area contributed by atoms with Gasteiger partial charge in [0.1, 0.15) is 6.54 Å². The summed E-state index contributed by atoms with van der Waals surface area (Å²) >= 11 is 0. The molecule has 3 rings (SSSR count). The summed E-state index contributed by atoms with van der Waals surface area (Å²) in [6, 6.07) is 0.0627. The molecule has 2 aliphatic rings. The first kappa shape index (κ1) is 13.0. The van der Waals surface area contributed by atoms with Gasteiger partial charge in [0, 0.05) is 12.2 Å². The van der Waals surface area contributed by atoms with E-state index in [1.807, 2.05) is 0 Å². The highest BCUT2D eigenvalue weighted by Gasteiger charge is 2.42. The molecule has 2 amide bonds. The van der Waals surface area contributed by atoms with Crippen molar-refractivity contribution in [3.8, 4) is 0 Å². The first-order valence-electron chi connectivity index (χ1n) is 6.93. The molecule has 0 radical (unpaired) electrons. The Morgan fingerprint density at radius 3 is 2.55 bits per heavy atom. The molecule has 0 unspecified atom stereocenters. The molecule has 1 heterocycles. The number of amides is 2. The van der Waals surface area contributed by atoms with Gasteiger partial charge in [-0.3, -0.25) is 9.48 Å². The van der Waals surface area contributed by atoms with Crippen LogP contribution in [0.2, 0.25) is 0 Å². The smallest absolute Gasteiger partial charge is 0.325 e. The largest absolute Gasteiger partial charge is 0.480 e. The lowest BCUT2D eigenvalue weighted by Gasteiger charge is -2.17. The van der Waals surface area contributed by atoms with Crippen molar-refractivity contribution in [2.75, 3.05) is 5.32 Å². The van der Waals surface area contributed by atoms with Gasteiger partial charge in [-0.25, -0.2) is 4.79 Å². The van der Waals surface area contributed by atoms with Crippen molar-refractivity contribution in [2.24, 2.45) is 11.8 Å². The van der Waals surface area contributed by atoms with Gasteiger partial charge in [0.05, 0.1) is 11.9 Å². The molecule has 2 aliphatic carbocycles. The SMILES string of the molecule is O=C(O)Cn1cc(NC(=O)NC(C2CC2)C2CC2)cn1.